The molecule has 122 valence electrons. The molecule has 2 rings (SSSR count). The molecule has 0 saturated heterocycles. The fourth-order valence-corrected chi connectivity index (χ4v) is 11.8. The van der Waals surface area contributed by atoms with Crippen LogP contribution in [-0.2, 0) is 7.01 Å². The third-order valence-corrected chi connectivity index (χ3v) is 14.6. The number of aromatic nitrogens is 2. The number of rotatable bonds is 4. The molecule has 2 aromatic rings. The second-order valence-corrected chi connectivity index (χ2v) is 15.5. The molecule has 0 aliphatic carbocycles. The van der Waals surface area contributed by atoms with Gasteiger partial charge in [0.1, 0.15) is 0 Å². The van der Waals surface area contributed by atoms with Crippen LogP contribution in [0.4, 0.5) is 13.2 Å². The Morgan fingerprint density at radius 2 is 1.73 bits per heavy atom. The summed E-state index contributed by atoms with van der Waals surface area (Å²) in [6.07, 6.45) is 2.65. The van der Waals surface area contributed by atoms with Crippen molar-refractivity contribution in [2.75, 3.05) is 0 Å². The van der Waals surface area contributed by atoms with Gasteiger partial charge in [-0.3, -0.25) is 0 Å². The second kappa shape index (κ2) is 6.19. The average Bonchev–Trinajstić information content (AvgIpc) is 2.88. The first-order valence-electron chi connectivity index (χ1n) is 6.25. The average molecular weight is 446 g/mol. The number of hydrogen-bond donors (Lipinski definition) is 0. The molecule has 4 nitrogen and oxygen atoms in total. The molecule has 9 heteroatoms. The van der Waals surface area contributed by atoms with Crippen LogP contribution in [0.1, 0.15) is 19.9 Å². The van der Waals surface area contributed by atoms with Crippen LogP contribution < -0.4 is 0 Å². The van der Waals surface area contributed by atoms with Crippen molar-refractivity contribution in [1.29, 1.82) is 0 Å². The summed E-state index contributed by atoms with van der Waals surface area (Å²) >= 11 is -3.76. The van der Waals surface area contributed by atoms with Crippen molar-refractivity contribution in [3.63, 3.8) is 0 Å². The predicted molar refractivity (Wildman–Crippen MR) is 85.4 cm³/mol. The Labute approximate surface area is 132 Å². The summed E-state index contributed by atoms with van der Waals surface area (Å²) < 4.78 is 65.0. The van der Waals surface area contributed by atoms with Crippen LogP contribution in [0.2, 0.25) is 0 Å². The topological polar surface area (TPSA) is 52.0 Å². The quantitative estimate of drug-likeness (QED) is 0.530. The summed E-state index contributed by atoms with van der Waals surface area (Å²) in [5.41, 5.74) is -5.27. The normalized spacial score (nSPS) is 13.5. The van der Waals surface area contributed by atoms with E-state index in [0.29, 0.717) is 0 Å². The van der Waals surface area contributed by atoms with E-state index in [1.807, 2.05) is 13.8 Å². The van der Waals surface area contributed by atoms with Crippen molar-refractivity contribution < 1.29 is 21.6 Å². The first kappa shape index (κ1) is 17.3. The van der Waals surface area contributed by atoms with Gasteiger partial charge in [-0.25, -0.2) is 0 Å². The van der Waals surface area contributed by atoms with Gasteiger partial charge in [0.2, 0.25) is 0 Å². The number of alkyl halides is 3. The number of nitrogens with zero attached hydrogens (tertiary/aromatic N) is 2. The van der Waals surface area contributed by atoms with Crippen LogP contribution in [0.5, 0.6) is 0 Å². The van der Waals surface area contributed by atoms with E-state index < -0.39 is 31.0 Å². The molecule has 1 heterocycles. The van der Waals surface area contributed by atoms with Crippen LogP contribution in [0.25, 0.3) is 0 Å². The summed E-state index contributed by atoms with van der Waals surface area (Å²) in [5, 5.41) is 3.98. The van der Waals surface area contributed by atoms with E-state index >= 15 is 0 Å². The van der Waals surface area contributed by atoms with Crippen molar-refractivity contribution >= 4 is 25.4 Å². The molecule has 0 atom stereocenters. The van der Waals surface area contributed by atoms with E-state index in [9.17, 15) is 21.6 Å². The molecule has 0 bridgehead atoms. The summed E-state index contributed by atoms with van der Waals surface area (Å²) in [4.78, 5) is 0. The molecule has 0 radical (unpaired) electrons. The second-order valence-electron chi connectivity index (χ2n) is 4.66. The van der Waals surface area contributed by atoms with Crippen LogP contribution in [0.3, 0.4) is 0 Å². The maximum absolute atomic E-state index is 13.0. The Morgan fingerprint density at radius 3 is 2.18 bits per heavy atom. The zero-order valence-electron chi connectivity index (χ0n) is 11.7. The van der Waals surface area contributed by atoms with Crippen LogP contribution >= 0.6 is 18.4 Å². The molecule has 1 aromatic heterocycles. The van der Waals surface area contributed by atoms with Crippen molar-refractivity contribution in [3.05, 3.63) is 49.9 Å². The van der Waals surface area contributed by atoms with Gasteiger partial charge in [-0.1, -0.05) is 0 Å². The van der Waals surface area contributed by atoms with Crippen LogP contribution in [0.15, 0.2) is 42.7 Å². The number of halogens is 4. The van der Waals surface area contributed by atoms with E-state index in [4.69, 9.17) is 0 Å². The first-order valence-corrected chi connectivity index (χ1v) is 12.4. The fraction of sp³-hybridized carbons (Fsp3) is 0.308. The minimum absolute atomic E-state index is 0.0594. The molecule has 0 aliphatic rings. The van der Waals surface area contributed by atoms with E-state index in [0.717, 1.165) is 0 Å². The first-order chi connectivity index (χ1) is 10.1. The zero-order valence-corrected chi connectivity index (χ0v) is 14.7. The van der Waals surface area contributed by atoms with Crippen molar-refractivity contribution in [3.8, 4) is 0 Å². The molecule has 0 N–H and O–H groups in total. The predicted octanol–water partition coefficient (Wildman–Crippen LogP) is 3.86. The molecule has 0 amide bonds. The van der Waals surface area contributed by atoms with E-state index in [2.05, 4.69) is 5.10 Å². The fourth-order valence-electron chi connectivity index (χ4n) is 1.66. The van der Waals surface area contributed by atoms with Crippen LogP contribution in [0, 0.1) is 7.14 Å². The van der Waals surface area contributed by atoms with Gasteiger partial charge in [0.05, 0.1) is 0 Å². The maximum atomic E-state index is 13.0. The molecular weight excluding hydrogens is 432 g/mol. The van der Waals surface area contributed by atoms with Gasteiger partial charge in [0, 0.05) is 0 Å². The Bertz CT molecular complexity index is 742. The SMILES string of the molecule is CC(C)n1cc(I(c2ccccc2)S(=O)(=O)C(F)(F)F)cn1. The standard InChI is InChI=1S/C13H14F3IN2O2S/c1-10(2)19-9-12(8-18-19)17(11-6-4-3-5-7-11)22(20,21)13(14,15)16/h3-10H,1-2H3. The Kier molecular flexibility index (Phi) is 4.85. The molecule has 0 unspecified atom stereocenters. The van der Waals surface area contributed by atoms with Gasteiger partial charge in [0.15, 0.2) is 0 Å². The third kappa shape index (κ3) is 3.29. The summed E-state index contributed by atoms with van der Waals surface area (Å²) in [5.74, 6) is 0. The molecule has 0 saturated carbocycles. The molecule has 0 spiro atoms. The summed E-state index contributed by atoms with van der Waals surface area (Å²) in [7, 11) is -5.25. The minimum atomic E-state index is -5.27. The summed E-state index contributed by atoms with van der Waals surface area (Å²) in [6.45, 7) is 3.63. The zero-order chi connectivity index (χ0) is 16.5. The van der Waals surface area contributed by atoms with Crippen LogP contribution in [-0.4, -0.2) is 23.7 Å². The summed E-state index contributed by atoms with van der Waals surface area (Å²) in [6, 6.07) is 7.52. The van der Waals surface area contributed by atoms with Gasteiger partial charge in [-0.05, 0) is 0 Å². The van der Waals surface area contributed by atoms with Crippen molar-refractivity contribution in [2.45, 2.75) is 25.4 Å². The van der Waals surface area contributed by atoms with Gasteiger partial charge >= 0.3 is 132 Å². The molecular formula is C13H14F3IN2O2S. The van der Waals surface area contributed by atoms with Gasteiger partial charge < -0.3 is 0 Å². The van der Waals surface area contributed by atoms with Gasteiger partial charge in [-0.2, -0.15) is 0 Å². The van der Waals surface area contributed by atoms with Gasteiger partial charge in [-0.15, -0.1) is 0 Å². The van der Waals surface area contributed by atoms with E-state index in [1.54, 1.807) is 18.2 Å². The molecule has 0 aliphatic heterocycles. The Hall–Kier alpha value is -1.10. The molecule has 0 fully saturated rings. The Balaban J connectivity index is 2.61. The van der Waals surface area contributed by atoms with Crippen molar-refractivity contribution in [2.24, 2.45) is 0 Å². The van der Waals surface area contributed by atoms with Crippen molar-refractivity contribution in [1.82, 2.24) is 9.78 Å². The van der Waals surface area contributed by atoms with E-state index in [-0.39, 0.29) is 13.2 Å². The van der Waals surface area contributed by atoms with E-state index in [1.165, 1.54) is 29.2 Å². The number of benzene rings is 1. The third-order valence-electron chi connectivity index (χ3n) is 2.71. The Morgan fingerprint density at radius 1 is 1.14 bits per heavy atom. The molecule has 22 heavy (non-hydrogen) atoms. The molecule has 1 aromatic carbocycles. The van der Waals surface area contributed by atoms with Gasteiger partial charge in [0.25, 0.3) is 0 Å². The monoisotopic (exact) mass is 446 g/mol. The number of hydrogen-bond acceptors (Lipinski definition) is 3.